The van der Waals surface area contributed by atoms with Gasteiger partial charge in [0.2, 0.25) is 0 Å². The second-order valence-corrected chi connectivity index (χ2v) is 7.84. The number of nitrogens with one attached hydrogen (secondary N) is 2. The van der Waals surface area contributed by atoms with E-state index < -0.39 is 0 Å². The second-order valence-electron chi connectivity index (χ2n) is 6.59. The largest absolute Gasteiger partial charge is 0.493 e. The van der Waals surface area contributed by atoms with Crippen molar-refractivity contribution < 1.29 is 9.47 Å². The molecular formula is C21H22Cl2N4O2S. The van der Waals surface area contributed by atoms with Gasteiger partial charge in [0.15, 0.2) is 16.6 Å². The van der Waals surface area contributed by atoms with Gasteiger partial charge in [-0.15, -0.1) is 0 Å². The van der Waals surface area contributed by atoms with Gasteiger partial charge in [0, 0.05) is 21.8 Å². The first-order valence-electron chi connectivity index (χ1n) is 9.10. The van der Waals surface area contributed by atoms with E-state index >= 15 is 0 Å². The highest BCUT2D eigenvalue weighted by molar-refractivity contribution is 7.80. The van der Waals surface area contributed by atoms with E-state index in [1.807, 2.05) is 48.9 Å². The number of aromatic nitrogens is 2. The minimum absolute atomic E-state index is 0.442. The molecule has 0 saturated carbocycles. The summed E-state index contributed by atoms with van der Waals surface area (Å²) in [4.78, 5) is 0. The third-order valence-electron chi connectivity index (χ3n) is 4.60. The van der Waals surface area contributed by atoms with Crippen molar-refractivity contribution in [3.05, 3.63) is 63.4 Å². The number of aryl methyl sites for hydroxylation is 1. The Bertz CT molecular complexity index is 1090. The summed E-state index contributed by atoms with van der Waals surface area (Å²) >= 11 is 17.8. The standard InChI is InChI=1S/C21H22Cl2N4O2S/c1-12-20(13(2)27(26-12)11-14-5-6-15(22)9-17(14)23)25-21(30)24-16-7-8-18(28-3)19(10-16)29-4/h5-10H,11H2,1-4H3,(H2,24,25,30). The van der Waals surface area contributed by atoms with Crippen LogP contribution in [0.1, 0.15) is 17.0 Å². The zero-order valence-corrected chi connectivity index (χ0v) is 19.4. The van der Waals surface area contributed by atoms with Gasteiger partial charge >= 0.3 is 0 Å². The molecule has 3 rings (SSSR count). The second kappa shape index (κ2) is 9.55. The lowest BCUT2D eigenvalue weighted by Crippen LogP contribution is -2.20. The third kappa shape index (κ3) is 4.98. The van der Waals surface area contributed by atoms with Gasteiger partial charge in [-0.3, -0.25) is 4.68 Å². The maximum absolute atomic E-state index is 6.31. The van der Waals surface area contributed by atoms with Gasteiger partial charge in [-0.1, -0.05) is 29.3 Å². The average Bonchev–Trinajstić information content (AvgIpc) is 2.97. The van der Waals surface area contributed by atoms with Crippen LogP contribution in [0.2, 0.25) is 10.0 Å². The summed E-state index contributed by atoms with van der Waals surface area (Å²) in [7, 11) is 3.18. The molecule has 1 aromatic heterocycles. The molecule has 0 aliphatic heterocycles. The van der Waals surface area contributed by atoms with Gasteiger partial charge in [-0.05, 0) is 55.9 Å². The highest BCUT2D eigenvalue weighted by Gasteiger charge is 2.15. The highest BCUT2D eigenvalue weighted by atomic mass is 35.5. The van der Waals surface area contributed by atoms with Crippen LogP contribution in [0.25, 0.3) is 0 Å². The molecule has 3 aromatic rings. The van der Waals surface area contributed by atoms with Crippen molar-refractivity contribution in [3.63, 3.8) is 0 Å². The fourth-order valence-corrected chi connectivity index (χ4v) is 3.72. The summed E-state index contributed by atoms with van der Waals surface area (Å²) in [5.41, 5.74) is 4.33. The van der Waals surface area contributed by atoms with Crippen molar-refractivity contribution in [1.82, 2.24) is 9.78 Å². The van der Waals surface area contributed by atoms with Crippen molar-refractivity contribution in [2.45, 2.75) is 20.4 Å². The van der Waals surface area contributed by atoms with E-state index in [0.717, 1.165) is 28.3 Å². The Kier molecular flexibility index (Phi) is 7.07. The minimum Gasteiger partial charge on any atom is -0.493 e. The number of methoxy groups -OCH3 is 2. The first-order valence-corrected chi connectivity index (χ1v) is 10.3. The zero-order valence-electron chi connectivity index (χ0n) is 17.0. The molecule has 30 heavy (non-hydrogen) atoms. The maximum Gasteiger partial charge on any atom is 0.175 e. The van der Waals surface area contributed by atoms with Gasteiger partial charge in [-0.25, -0.2) is 0 Å². The van der Waals surface area contributed by atoms with Crippen LogP contribution in [-0.2, 0) is 6.54 Å². The summed E-state index contributed by atoms with van der Waals surface area (Å²) in [6, 6.07) is 10.9. The number of anilines is 2. The fraction of sp³-hybridized carbons (Fsp3) is 0.238. The molecule has 0 aliphatic rings. The van der Waals surface area contributed by atoms with Crippen molar-refractivity contribution >= 4 is 51.9 Å². The predicted octanol–water partition coefficient (Wildman–Crippen LogP) is 5.68. The van der Waals surface area contributed by atoms with E-state index in [-0.39, 0.29) is 0 Å². The van der Waals surface area contributed by atoms with Gasteiger partial charge < -0.3 is 20.1 Å². The number of rotatable bonds is 6. The fourth-order valence-electron chi connectivity index (χ4n) is 3.03. The van der Waals surface area contributed by atoms with Crippen LogP contribution >= 0.6 is 35.4 Å². The SMILES string of the molecule is COc1ccc(NC(=S)Nc2c(C)nn(Cc3ccc(Cl)cc3Cl)c2C)cc1OC. The van der Waals surface area contributed by atoms with Crippen molar-refractivity contribution in [2.75, 3.05) is 24.9 Å². The van der Waals surface area contributed by atoms with Crippen molar-refractivity contribution in [2.24, 2.45) is 0 Å². The average molecular weight is 465 g/mol. The molecule has 2 N–H and O–H groups in total. The normalized spacial score (nSPS) is 10.6. The Morgan fingerprint density at radius 1 is 1.03 bits per heavy atom. The summed E-state index contributed by atoms with van der Waals surface area (Å²) < 4.78 is 12.5. The van der Waals surface area contributed by atoms with Gasteiger partial charge in [0.1, 0.15) is 0 Å². The number of nitrogens with zero attached hydrogens (tertiary/aromatic N) is 2. The number of hydrogen-bond acceptors (Lipinski definition) is 4. The summed E-state index contributed by atoms with van der Waals surface area (Å²) in [5.74, 6) is 1.26. The summed E-state index contributed by atoms with van der Waals surface area (Å²) in [6.07, 6.45) is 0. The smallest absolute Gasteiger partial charge is 0.175 e. The number of ether oxygens (including phenoxy) is 2. The van der Waals surface area contributed by atoms with E-state index in [1.54, 1.807) is 20.3 Å². The summed E-state index contributed by atoms with van der Waals surface area (Å²) in [6.45, 7) is 4.43. The molecule has 2 aromatic carbocycles. The molecule has 9 heteroatoms. The Morgan fingerprint density at radius 3 is 2.43 bits per heavy atom. The number of benzene rings is 2. The lowest BCUT2D eigenvalue weighted by Gasteiger charge is -2.13. The topological polar surface area (TPSA) is 60.3 Å². The molecule has 0 radical (unpaired) electrons. The number of halogens is 2. The quantitative estimate of drug-likeness (QED) is 0.457. The van der Waals surface area contributed by atoms with Crippen LogP contribution in [0, 0.1) is 13.8 Å². The third-order valence-corrected chi connectivity index (χ3v) is 5.39. The molecule has 0 bridgehead atoms. The van der Waals surface area contributed by atoms with Crippen LogP contribution in [0.3, 0.4) is 0 Å². The zero-order chi connectivity index (χ0) is 21.8. The molecule has 0 spiro atoms. The Morgan fingerprint density at radius 2 is 1.77 bits per heavy atom. The van der Waals surface area contributed by atoms with Crippen LogP contribution < -0.4 is 20.1 Å². The molecule has 0 fully saturated rings. The highest BCUT2D eigenvalue weighted by Crippen LogP contribution is 2.30. The van der Waals surface area contributed by atoms with Crippen LogP contribution in [0.15, 0.2) is 36.4 Å². The molecule has 0 unspecified atom stereocenters. The molecule has 158 valence electrons. The van der Waals surface area contributed by atoms with Crippen LogP contribution in [-0.4, -0.2) is 29.1 Å². The van der Waals surface area contributed by atoms with Crippen LogP contribution in [0.5, 0.6) is 11.5 Å². The van der Waals surface area contributed by atoms with E-state index in [1.165, 1.54) is 0 Å². The number of hydrogen-bond donors (Lipinski definition) is 2. The maximum atomic E-state index is 6.31. The minimum atomic E-state index is 0.442. The Hall–Kier alpha value is -2.48. The molecule has 0 saturated heterocycles. The Labute approximate surface area is 191 Å². The van der Waals surface area contributed by atoms with Gasteiger partial charge in [0.05, 0.1) is 37.8 Å². The molecule has 0 atom stereocenters. The predicted molar refractivity (Wildman–Crippen MR) is 127 cm³/mol. The lowest BCUT2D eigenvalue weighted by molar-refractivity contribution is 0.355. The molecule has 6 nitrogen and oxygen atoms in total. The van der Waals surface area contributed by atoms with E-state index in [9.17, 15) is 0 Å². The van der Waals surface area contributed by atoms with Crippen molar-refractivity contribution in [3.8, 4) is 11.5 Å². The Balaban J connectivity index is 1.74. The molecule has 0 amide bonds. The van der Waals surface area contributed by atoms with E-state index in [0.29, 0.717) is 33.2 Å². The monoisotopic (exact) mass is 464 g/mol. The lowest BCUT2D eigenvalue weighted by atomic mass is 10.2. The van der Waals surface area contributed by atoms with Gasteiger partial charge in [0.25, 0.3) is 0 Å². The van der Waals surface area contributed by atoms with Gasteiger partial charge in [-0.2, -0.15) is 5.10 Å². The molecule has 1 heterocycles. The van der Waals surface area contributed by atoms with E-state index in [4.69, 9.17) is 44.9 Å². The molecule has 0 aliphatic carbocycles. The first kappa shape index (κ1) is 22.2. The van der Waals surface area contributed by atoms with Crippen molar-refractivity contribution in [1.29, 1.82) is 0 Å². The van der Waals surface area contributed by atoms with Crippen LogP contribution in [0.4, 0.5) is 11.4 Å². The van der Waals surface area contributed by atoms with E-state index in [2.05, 4.69) is 15.7 Å². The summed E-state index contributed by atoms with van der Waals surface area (Å²) in [5, 5.41) is 12.7. The molecular weight excluding hydrogens is 443 g/mol. The number of thiocarbonyl (C=S) groups is 1. The first-order chi connectivity index (χ1) is 14.3.